The molecular weight excluding hydrogens is 388 g/mol. The fourth-order valence-corrected chi connectivity index (χ4v) is 3.18. The first-order chi connectivity index (χ1) is 15.2. The number of aliphatic hydroxyl groups is 2. The van der Waals surface area contributed by atoms with E-state index in [2.05, 4.69) is 55.5 Å². The number of benzene rings is 1. The lowest BCUT2D eigenvalue weighted by Crippen LogP contribution is -2.25. The van der Waals surface area contributed by atoms with Crippen molar-refractivity contribution in [1.82, 2.24) is 0 Å². The molecule has 0 atom stereocenters. The standard InChI is InChI=1S/C27H40O4/c1-2-3-4-5-6-7-8-9-10-11-12-13-17-24-18-14-15-19-25(24)20-16-21-27(30)31-26(22-28)23-29/h6-7,9-10,12-15,18-19,26,28-29H,2-5,8,11,16-17,20-23H2,1H3/b7-6-,10-9-,13-12-. The van der Waals surface area contributed by atoms with Gasteiger partial charge < -0.3 is 14.9 Å². The van der Waals surface area contributed by atoms with Gasteiger partial charge in [0.2, 0.25) is 0 Å². The van der Waals surface area contributed by atoms with Crippen LogP contribution in [0.1, 0.15) is 69.4 Å². The molecule has 0 saturated heterocycles. The summed E-state index contributed by atoms with van der Waals surface area (Å²) in [4.78, 5) is 11.8. The molecule has 0 unspecified atom stereocenters. The molecule has 0 radical (unpaired) electrons. The first-order valence-corrected chi connectivity index (χ1v) is 11.6. The van der Waals surface area contributed by atoms with Gasteiger partial charge in [-0.05, 0) is 56.1 Å². The van der Waals surface area contributed by atoms with Crippen LogP contribution < -0.4 is 0 Å². The molecule has 2 N–H and O–H groups in total. The quantitative estimate of drug-likeness (QED) is 0.196. The lowest BCUT2D eigenvalue weighted by Gasteiger charge is -2.12. The van der Waals surface area contributed by atoms with Crippen LogP contribution in [0.15, 0.2) is 60.7 Å². The molecule has 0 heterocycles. The zero-order valence-electron chi connectivity index (χ0n) is 19.0. The third-order valence-corrected chi connectivity index (χ3v) is 5.01. The van der Waals surface area contributed by atoms with E-state index >= 15 is 0 Å². The molecule has 0 saturated carbocycles. The maximum atomic E-state index is 11.8. The van der Waals surface area contributed by atoms with E-state index < -0.39 is 6.10 Å². The number of rotatable bonds is 17. The van der Waals surface area contributed by atoms with Crippen molar-refractivity contribution >= 4 is 5.97 Å². The number of ether oxygens (including phenoxy) is 1. The SMILES string of the molecule is CCCCC/C=C\C/C=C\C/C=C\Cc1ccccc1CCCC(=O)OC(CO)CO. The van der Waals surface area contributed by atoms with Crippen molar-refractivity contribution in [2.75, 3.05) is 13.2 Å². The van der Waals surface area contributed by atoms with Crippen LogP contribution in [0.2, 0.25) is 0 Å². The van der Waals surface area contributed by atoms with Crippen LogP contribution in [0, 0.1) is 0 Å². The molecule has 1 aromatic rings. The van der Waals surface area contributed by atoms with E-state index in [1.54, 1.807) is 0 Å². The summed E-state index contributed by atoms with van der Waals surface area (Å²) in [6.45, 7) is 1.51. The van der Waals surface area contributed by atoms with Gasteiger partial charge in [0.1, 0.15) is 6.10 Å². The zero-order chi connectivity index (χ0) is 22.6. The van der Waals surface area contributed by atoms with Gasteiger partial charge in [-0.3, -0.25) is 4.79 Å². The summed E-state index contributed by atoms with van der Waals surface area (Å²) in [5.74, 6) is -0.381. The van der Waals surface area contributed by atoms with E-state index in [1.807, 2.05) is 12.1 Å². The van der Waals surface area contributed by atoms with Gasteiger partial charge in [-0.15, -0.1) is 0 Å². The Kier molecular flexibility index (Phi) is 16.1. The van der Waals surface area contributed by atoms with E-state index in [0.29, 0.717) is 6.42 Å². The molecule has 0 aliphatic heterocycles. The zero-order valence-corrected chi connectivity index (χ0v) is 19.0. The molecule has 0 bridgehead atoms. The molecule has 0 aliphatic carbocycles. The molecule has 172 valence electrons. The number of hydrogen-bond donors (Lipinski definition) is 2. The van der Waals surface area contributed by atoms with Gasteiger partial charge in [0.05, 0.1) is 13.2 Å². The number of aliphatic hydroxyl groups excluding tert-OH is 2. The van der Waals surface area contributed by atoms with Gasteiger partial charge >= 0.3 is 5.97 Å². The summed E-state index contributed by atoms with van der Waals surface area (Å²) in [6, 6.07) is 8.30. The van der Waals surface area contributed by atoms with Crippen molar-refractivity contribution < 1.29 is 19.7 Å². The first kappa shape index (κ1) is 26.9. The second-order valence-corrected chi connectivity index (χ2v) is 7.68. The van der Waals surface area contributed by atoms with E-state index in [9.17, 15) is 4.79 Å². The van der Waals surface area contributed by atoms with Crippen molar-refractivity contribution in [1.29, 1.82) is 0 Å². The van der Waals surface area contributed by atoms with E-state index in [0.717, 1.165) is 25.7 Å². The number of carbonyl (C=O) groups excluding carboxylic acids is 1. The summed E-state index contributed by atoms with van der Waals surface area (Å²) in [5, 5.41) is 17.9. The molecule has 0 spiro atoms. The summed E-state index contributed by atoms with van der Waals surface area (Å²) in [6.07, 6.45) is 22.2. The summed E-state index contributed by atoms with van der Waals surface area (Å²) in [5.41, 5.74) is 2.51. The van der Waals surface area contributed by atoms with Crippen molar-refractivity contribution in [2.24, 2.45) is 0 Å². The lowest BCUT2D eigenvalue weighted by molar-refractivity contribution is -0.153. The number of esters is 1. The Balaban J connectivity index is 2.30. The number of hydrogen-bond acceptors (Lipinski definition) is 4. The van der Waals surface area contributed by atoms with Crippen LogP contribution in [-0.2, 0) is 22.4 Å². The maximum absolute atomic E-state index is 11.8. The number of unbranched alkanes of at least 4 members (excludes halogenated alkanes) is 3. The van der Waals surface area contributed by atoms with Gasteiger partial charge in [-0.1, -0.05) is 80.5 Å². The predicted molar refractivity (Wildman–Crippen MR) is 128 cm³/mol. The van der Waals surface area contributed by atoms with Gasteiger partial charge in [0.25, 0.3) is 0 Å². The van der Waals surface area contributed by atoms with Crippen LogP contribution in [0.4, 0.5) is 0 Å². The Morgan fingerprint density at radius 3 is 2.23 bits per heavy atom. The first-order valence-electron chi connectivity index (χ1n) is 11.6. The van der Waals surface area contributed by atoms with E-state index in [-0.39, 0.29) is 25.6 Å². The second kappa shape index (κ2) is 18.6. The third-order valence-electron chi connectivity index (χ3n) is 5.01. The van der Waals surface area contributed by atoms with Gasteiger partial charge in [-0.2, -0.15) is 0 Å². The highest BCUT2D eigenvalue weighted by Gasteiger charge is 2.12. The Hall–Kier alpha value is -2.17. The van der Waals surface area contributed by atoms with Crippen molar-refractivity contribution in [3.05, 3.63) is 71.8 Å². The number of allylic oxidation sites excluding steroid dienone is 6. The molecule has 31 heavy (non-hydrogen) atoms. The fourth-order valence-electron chi connectivity index (χ4n) is 3.18. The van der Waals surface area contributed by atoms with Crippen molar-refractivity contribution in [3.8, 4) is 0 Å². The Labute approximate surface area is 188 Å². The largest absolute Gasteiger partial charge is 0.457 e. The molecule has 0 fully saturated rings. The third kappa shape index (κ3) is 13.7. The van der Waals surface area contributed by atoms with Gasteiger partial charge in [-0.25, -0.2) is 0 Å². The number of carbonyl (C=O) groups is 1. The average molecular weight is 429 g/mol. The molecule has 4 heteroatoms. The van der Waals surface area contributed by atoms with Gasteiger partial charge in [0, 0.05) is 6.42 Å². The van der Waals surface area contributed by atoms with Crippen molar-refractivity contribution in [3.63, 3.8) is 0 Å². The monoisotopic (exact) mass is 428 g/mol. The molecule has 1 rings (SSSR count). The topological polar surface area (TPSA) is 66.8 Å². The summed E-state index contributed by atoms with van der Waals surface area (Å²) in [7, 11) is 0. The average Bonchev–Trinajstić information content (AvgIpc) is 2.79. The molecule has 4 nitrogen and oxygen atoms in total. The maximum Gasteiger partial charge on any atom is 0.306 e. The molecule has 1 aromatic carbocycles. The fraction of sp³-hybridized carbons (Fsp3) is 0.519. The Morgan fingerprint density at radius 1 is 0.903 bits per heavy atom. The highest BCUT2D eigenvalue weighted by Crippen LogP contribution is 2.14. The predicted octanol–water partition coefficient (Wildman–Crippen LogP) is 5.48. The van der Waals surface area contributed by atoms with Crippen LogP contribution >= 0.6 is 0 Å². The minimum Gasteiger partial charge on any atom is -0.457 e. The second-order valence-electron chi connectivity index (χ2n) is 7.68. The lowest BCUT2D eigenvalue weighted by atomic mass is 9.99. The summed E-state index contributed by atoms with van der Waals surface area (Å²) >= 11 is 0. The summed E-state index contributed by atoms with van der Waals surface area (Å²) < 4.78 is 5.00. The Morgan fingerprint density at radius 2 is 1.55 bits per heavy atom. The minimum atomic E-state index is -0.819. The molecule has 0 aliphatic rings. The Bertz CT molecular complexity index is 672. The number of aryl methyl sites for hydroxylation is 1. The highest BCUT2D eigenvalue weighted by atomic mass is 16.6. The smallest absolute Gasteiger partial charge is 0.306 e. The van der Waals surface area contributed by atoms with Crippen LogP contribution in [-0.4, -0.2) is 35.5 Å². The molecular formula is C27H40O4. The van der Waals surface area contributed by atoms with E-state index in [1.165, 1.54) is 36.8 Å². The van der Waals surface area contributed by atoms with Crippen molar-refractivity contribution in [2.45, 2.75) is 77.2 Å². The highest BCUT2D eigenvalue weighted by molar-refractivity contribution is 5.69. The minimum absolute atomic E-state index is 0.276. The van der Waals surface area contributed by atoms with Crippen LogP contribution in [0.5, 0.6) is 0 Å². The molecule has 0 amide bonds. The van der Waals surface area contributed by atoms with Crippen LogP contribution in [0.3, 0.4) is 0 Å². The van der Waals surface area contributed by atoms with Gasteiger partial charge in [0.15, 0.2) is 0 Å². The molecule has 0 aromatic heterocycles. The normalized spacial score (nSPS) is 12.0. The van der Waals surface area contributed by atoms with Crippen LogP contribution in [0.25, 0.3) is 0 Å². The van der Waals surface area contributed by atoms with E-state index in [4.69, 9.17) is 14.9 Å².